The fourth-order valence-electron chi connectivity index (χ4n) is 1.56. The first-order valence-electron chi connectivity index (χ1n) is 5.30. The summed E-state index contributed by atoms with van der Waals surface area (Å²) in [5.41, 5.74) is 5.67. The predicted octanol–water partition coefficient (Wildman–Crippen LogP) is 0.867. The summed E-state index contributed by atoms with van der Waals surface area (Å²) in [5, 5.41) is 3.05. The molecule has 1 aliphatic rings. The summed E-state index contributed by atoms with van der Waals surface area (Å²) < 4.78 is 5.63. The summed E-state index contributed by atoms with van der Waals surface area (Å²) >= 11 is 0. The van der Waals surface area contributed by atoms with Crippen molar-refractivity contribution in [1.29, 1.82) is 0 Å². The summed E-state index contributed by atoms with van der Waals surface area (Å²) in [4.78, 5) is 4.24. The van der Waals surface area contributed by atoms with E-state index in [-0.39, 0.29) is 6.10 Å². The van der Waals surface area contributed by atoms with Gasteiger partial charge in [-0.05, 0) is 33.6 Å². The molecule has 3 N–H and O–H groups in total. The molecule has 0 amide bonds. The highest BCUT2D eigenvalue weighted by Crippen LogP contribution is 2.18. The molecule has 1 heterocycles. The van der Waals surface area contributed by atoms with Crippen molar-refractivity contribution in [3.05, 3.63) is 0 Å². The third-order valence-corrected chi connectivity index (χ3v) is 2.22. The monoisotopic (exact) mass is 199 g/mol. The van der Waals surface area contributed by atoms with Gasteiger partial charge in [0, 0.05) is 6.04 Å². The smallest absolute Gasteiger partial charge is 0.188 e. The summed E-state index contributed by atoms with van der Waals surface area (Å²) in [7, 11) is 0. The molecular weight excluding hydrogens is 178 g/mol. The highest BCUT2D eigenvalue weighted by Gasteiger charge is 2.21. The van der Waals surface area contributed by atoms with E-state index < -0.39 is 0 Å². The molecule has 0 spiro atoms. The van der Waals surface area contributed by atoms with Crippen LogP contribution in [-0.2, 0) is 4.74 Å². The molecule has 82 valence electrons. The number of nitrogens with zero attached hydrogens (tertiary/aromatic N) is 1. The van der Waals surface area contributed by atoms with E-state index in [1.807, 2.05) is 13.8 Å². The van der Waals surface area contributed by atoms with E-state index in [2.05, 4.69) is 17.2 Å². The van der Waals surface area contributed by atoms with Crippen molar-refractivity contribution in [2.45, 2.75) is 51.9 Å². The van der Waals surface area contributed by atoms with E-state index in [0.29, 0.717) is 24.7 Å². The third-order valence-electron chi connectivity index (χ3n) is 2.22. The minimum atomic E-state index is 0.262. The fourth-order valence-corrected chi connectivity index (χ4v) is 1.56. The molecule has 0 aromatic carbocycles. The maximum Gasteiger partial charge on any atom is 0.188 e. The average Bonchev–Trinajstić information content (AvgIpc) is 2.47. The van der Waals surface area contributed by atoms with Gasteiger partial charge in [-0.25, -0.2) is 0 Å². The number of nitrogens with two attached hydrogens (primary N) is 1. The molecule has 0 aliphatic carbocycles. The topological polar surface area (TPSA) is 59.6 Å². The minimum absolute atomic E-state index is 0.262. The number of aliphatic imine (C=N–C) groups is 1. The molecule has 4 heteroatoms. The second-order valence-electron chi connectivity index (χ2n) is 4.17. The standard InChI is InChI=1S/C10H21N3O/c1-7(2)13-10(11)12-6-9-5-4-8(3)14-9/h7-9H,4-6H2,1-3H3,(H3,11,12,13). The van der Waals surface area contributed by atoms with Gasteiger partial charge in [-0.1, -0.05) is 0 Å². The second kappa shape index (κ2) is 5.20. The van der Waals surface area contributed by atoms with E-state index in [4.69, 9.17) is 10.5 Å². The number of rotatable bonds is 3. The zero-order valence-corrected chi connectivity index (χ0v) is 9.29. The lowest BCUT2D eigenvalue weighted by atomic mass is 10.2. The lowest BCUT2D eigenvalue weighted by molar-refractivity contribution is 0.0615. The molecule has 1 fully saturated rings. The zero-order chi connectivity index (χ0) is 10.6. The van der Waals surface area contributed by atoms with Crippen molar-refractivity contribution in [3.63, 3.8) is 0 Å². The van der Waals surface area contributed by atoms with E-state index in [9.17, 15) is 0 Å². The lowest BCUT2D eigenvalue weighted by Crippen LogP contribution is -2.37. The molecule has 4 nitrogen and oxygen atoms in total. The van der Waals surface area contributed by atoms with Crippen LogP contribution in [0.1, 0.15) is 33.6 Å². The summed E-state index contributed by atoms with van der Waals surface area (Å²) in [5.74, 6) is 0.517. The van der Waals surface area contributed by atoms with Crippen molar-refractivity contribution < 1.29 is 4.74 Å². The molecule has 0 aromatic rings. The van der Waals surface area contributed by atoms with Crippen molar-refractivity contribution in [1.82, 2.24) is 5.32 Å². The Morgan fingerprint density at radius 1 is 1.57 bits per heavy atom. The third kappa shape index (κ3) is 3.96. The Balaban J connectivity index is 2.24. The highest BCUT2D eigenvalue weighted by atomic mass is 16.5. The second-order valence-corrected chi connectivity index (χ2v) is 4.17. The van der Waals surface area contributed by atoms with Crippen LogP contribution in [0.4, 0.5) is 0 Å². The fraction of sp³-hybridized carbons (Fsp3) is 0.900. The van der Waals surface area contributed by atoms with E-state index in [1.165, 1.54) is 0 Å². The Morgan fingerprint density at radius 2 is 2.29 bits per heavy atom. The average molecular weight is 199 g/mol. The van der Waals surface area contributed by atoms with Gasteiger partial charge in [-0.3, -0.25) is 4.99 Å². The van der Waals surface area contributed by atoms with Crippen molar-refractivity contribution in [3.8, 4) is 0 Å². The number of hydrogen-bond donors (Lipinski definition) is 2. The van der Waals surface area contributed by atoms with Crippen LogP contribution in [0.5, 0.6) is 0 Å². The van der Waals surface area contributed by atoms with Crippen LogP contribution >= 0.6 is 0 Å². The van der Waals surface area contributed by atoms with Crippen LogP contribution < -0.4 is 11.1 Å². The summed E-state index contributed by atoms with van der Waals surface area (Å²) in [6.45, 7) is 6.85. The minimum Gasteiger partial charge on any atom is -0.373 e. The Labute approximate surface area is 85.9 Å². The molecule has 0 saturated carbocycles. The zero-order valence-electron chi connectivity index (χ0n) is 9.29. The van der Waals surface area contributed by atoms with Crippen LogP contribution in [0.15, 0.2) is 4.99 Å². The maximum absolute atomic E-state index is 5.67. The number of nitrogens with one attached hydrogen (secondary N) is 1. The first-order valence-corrected chi connectivity index (χ1v) is 5.30. The predicted molar refractivity (Wildman–Crippen MR) is 58.3 cm³/mol. The van der Waals surface area contributed by atoms with Crippen LogP contribution in [0.2, 0.25) is 0 Å². The van der Waals surface area contributed by atoms with E-state index >= 15 is 0 Å². The highest BCUT2D eigenvalue weighted by molar-refractivity contribution is 5.78. The molecule has 0 aromatic heterocycles. The van der Waals surface area contributed by atoms with Crippen LogP contribution in [0.25, 0.3) is 0 Å². The van der Waals surface area contributed by atoms with Gasteiger partial charge in [0.15, 0.2) is 5.96 Å². The molecule has 14 heavy (non-hydrogen) atoms. The Bertz CT molecular complexity index is 204. The van der Waals surface area contributed by atoms with Gasteiger partial charge in [0.25, 0.3) is 0 Å². The molecule has 1 aliphatic heterocycles. The van der Waals surface area contributed by atoms with Gasteiger partial charge in [-0.2, -0.15) is 0 Å². The summed E-state index contributed by atoms with van der Waals surface area (Å²) in [6.07, 6.45) is 2.88. The van der Waals surface area contributed by atoms with E-state index in [1.54, 1.807) is 0 Å². The number of guanidine groups is 1. The van der Waals surface area contributed by atoms with Crippen LogP contribution in [-0.4, -0.2) is 30.8 Å². The largest absolute Gasteiger partial charge is 0.373 e. The van der Waals surface area contributed by atoms with Crippen molar-refractivity contribution >= 4 is 5.96 Å². The molecule has 2 unspecified atom stereocenters. The lowest BCUT2D eigenvalue weighted by Gasteiger charge is -2.11. The SMILES string of the molecule is CC(C)NC(N)=NCC1CCC(C)O1. The Kier molecular flexibility index (Phi) is 4.20. The van der Waals surface area contributed by atoms with Crippen molar-refractivity contribution in [2.24, 2.45) is 10.7 Å². The van der Waals surface area contributed by atoms with Crippen molar-refractivity contribution in [2.75, 3.05) is 6.54 Å². The van der Waals surface area contributed by atoms with Gasteiger partial charge >= 0.3 is 0 Å². The van der Waals surface area contributed by atoms with Gasteiger partial charge in [0.05, 0.1) is 18.8 Å². The molecule has 1 rings (SSSR count). The van der Waals surface area contributed by atoms with Gasteiger partial charge < -0.3 is 15.8 Å². The van der Waals surface area contributed by atoms with Gasteiger partial charge in [0.2, 0.25) is 0 Å². The number of ether oxygens (including phenoxy) is 1. The maximum atomic E-state index is 5.67. The van der Waals surface area contributed by atoms with Crippen LogP contribution in [0, 0.1) is 0 Å². The van der Waals surface area contributed by atoms with Gasteiger partial charge in [0.1, 0.15) is 0 Å². The quantitative estimate of drug-likeness (QED) is 0.523. The molecule has 2 atom stereocenters. The molecule has 0 bridgehead atoms. The molecule has 1 saturated heterocycles. The number of hydrogen-bond acceptors (Lipinski definition) is 2. The summed E-state index contributed by atoms with van der Waals surface area (Å²) in [6, 6.07) is 0.335. The Morgan fingerprint density at radius 3 is 2.79 bits per heavy atom. The van der Waals surface area contributed by atoms with Gasteiger partial charge in [-0.15, -0.1) is 0 Å². The first-order chi connectivity index (χ1) is 6.58. The first kappa shape index (κ1) is 11.3. The Hall–Kier alpha value is -0.770. The van der Waals surface area contributed by atoms with Crippen LogP contribution in [0.3, 0.4) is 0 Å². The van der Waals surface area contributed by atoms with E-state index in [0.717, 1.165) is 12.8 Å². The molecule has 0 radical (unpaired) electrons. The molecular formula is C10H21N3O. The normalized spacial score (nSPS) is 28.4.